The summed E-state index contributed by atoms with van der Waals surface area (Å²) in [6.07, 6.45) is 4.03. The van der Waals surface area contributed by atoms with Crippen LogP contribution in [0.1, 0.15) is 68.3 Å². The van der Waals surface area contributed by atoms with Gasteiger partial charge in [0.05, 0.1) is 11.1 Å². The second kappa shape index (κ2) is 7.44. The number of hydrogen-bond acceptors (Lipinski definition) is 2. The van der Waals surface area contributed by atoms with Gasteiger partial charge in [0.25, 0.3) is 5.56 Å². The smallest absolute Gasteiger partial charge is 0.335 e. The summed E-state index contributed by atoms with van der Waals surface area (Å²) in [6, 6.07) is 6.68. The van der Waals surface area contributed by atoms with Crippen LogP contribution in [0, 0.1) is 0 Å². The maximum absolute atomic E-state index is 12.4. The van der Waals surface area contributed by atoms with Crippen molar-refractivity contribution >= 4 is 16.9 Å². The molecule has 1 heterocycles. The summed E-state index contributed by atoms with van der Waals surface area (Å²) < 4.78 is 1.82. The van der Waals surface area contributed by atoms with Crippen LogP contribution in [0.5, 0.6) is 0 Å². The molecule has 2 rings (SSSR count). The number of hydrogen-bond donors (Lipinski definition) is 1. The van der Waals surface area contributed by atoms with Crippen molar-refractivity contribution in [2.24, 2.45) is 0 Å². The minimum Gasteiger partial charge on any atom is -0.478 e. The van der Waals surface area contributed by atoms with Crippen molar-refractivity contribution in [2.45, 2.75) is 58.9 Å². The Kier molecular flexibility index (Phi) is 5.59. The van der Waals surface area contributed by atoms with Gasteiger partial charge in [0.1, 0.15) is 0 Å². The molecule has 124 valence electrons. The highest BCUT2D eigenvalue weighted by Crippen LogP contribution is 2.29. The molecule has 4 heteroatoms. The number of carbonyl (C=O) groups is 1. The Hall–Kier alpha value is -2.10. The first-order valence-electron chi connectivity index (χ1n) is 8.40. The van der Waals surface area contributed by atoms with E-state index < -0.39 is 5.97 Å². The van der Waals surface area contributed by atoms with E-state index in [2.05, 4.69) is 20.8 Å². The van der Waals surface area contributed by atoms with Crippen LogP contribution in [0.2, 0.25) is 0 Å². The van der Waals surface area contributed by atoms with E-state index in [-0.39, 0.29) is 17.0 Å². The number of nitrogens with zero attached hydrogens (tertiary/aromatic N) is 1. The average molecular weight is 315 g/mol. The number of aromatic nitrogens is 1. The van der Waals surface area contributed by atoms with Crippen molar-refractivity contribution in [3.63, 3.8) is 0 Å². The Labute approximate surface area is 136 Å². The Balaban J connectivity index is 2.71. The lowest BCUT2D eigenvalue weighted by Crippen LogP contribution is -2.21. The molecule has 0 bridgehead atoms. The summed E-state index contributed by atoms with van der Waals surface area (Å²) in [5.74, 6) is -0.726. The summed E-state index contributed by atoms with van der Waals surface area (Å²) >= 11 is 0. The summed E-state index contributed by atoms with van der Waals surface area (Å²) in [7, 11) is 0. The Morgan fingerprint density at radius 1 is 1.22 bits per heavy atom. The van der Waals surface area contributed by atoms with E-state index in [1.54, 1.807) is 24.3 Å². The Morgan fingerprint density at radius 3 is 2.57 bits per heavy atom. The minimum atomic E-state index is -0.930. The van der Waals surface area contributed by atoms with Gasteiger partial charge in [0.2, 0.25) is 0 Å². The van der Waals surface area contributed by atoms with Gasteiger partial charge in [-0.2, -0.15) is 0 Å². The molecule has 0 aliphatic carbocycles. The van der Waals surface area contributed by atoms with Crippen LogP contribution in [-0.2, 0) is 6.54 Å². The highest BCUT2D eigenvalue weighted by Gasteiger charge is 2.16. The van der Waals surface area contributed by atoms with Gasteiger partial charge in [-0.3, -0.25) is 4.79 Å². The Bertz CT molecular complexity index is 761. The molecule has 0 fully saturated rings. The van der Waals surface area contributed by atoms with Crippen molar-refractivity contribution in [2.75, 3.05) is 0 Å². The lowest BCUT2D eigenvalue weighted by atomic mass is 9.93. The highest BCUT2D eigenvalue weighted by atomic mass is 16.4. The van der Waals surface area contributed by atoms with E-state index >= 15 is 0 Å². The number of pyridine rings is 1. The summed E-state index contributed by atoms with van der Waals surface area (Å²) in [5, 5.41) is 10.2. The number of fused-ring (bicyclic) bond motifs is 1. The third-order valence-corrected chi connectivity index (χ3v) is 4.49. The van der Waals surface area contributed by atoms with Gasteiger partial charge in [0.15, 0.2) is 0 Å². The summed E-state index contributed by atoms with van der Waals surface area (Å²) in [5.41, 5.74) is 2.12. The zero-order chi connectivity index (χ0) is 17.0. The van der Waals surface area contributed by atoms with Gasteiger partial charge in [-0.05, 0) is 47.9 Å². The number of benzene rings is 1. The molecule has 0 saturated carbocycles. The molecule has 1 N–H and O–H groups in total. The first-order valence-corrected chi connectivity index (χ1v) is 8.40. The quantitative estimate of drug-likeness (QED) is 0.770. The summed E-state index contributed by atoms with van der Waals surface area (Å²) in [4.78, 5) is 23.8. The predicted molar refractivity (Wildman–Crippen MR) is 93.4 cm³/mol. The first kappa shape index (κ1) is 17.3. The van der Waals surface area contributed by atoms with Crippen molar-refractivity contribution in [1.82, 2.24) is 4.57 Å². The van der Waals surface area contributed by atoms with Crippen molar-refractivity contribution in [1.29, 1.82) is 0 Å². The van der Waals surface area contributed by atoms with Crippen LogP contribution in [0.25, 0.3) is 10.9 Å². The number of unbranched alkanes of at least 4 members (excludes halogenated alkanes) is 2. The average Bonchev–Trinajstić information content (AvgIpc) is 2.55. The molecule has 0 spiro atoms. The molecule has 1 aromatic carbocycles. The van der Waals surface area contributed by atoms with Crippen LogP contribution in [0.4, 0.5) is 0 Å². The fourth-order valence-corrected chi connectivity index (χ4v) is 2.94. The molecule has 1 aromatic heterocycles. The molecule has 0 amide bonds. The zero-order valence-corrected chi connectivity index (χ0v) is 14.1. The van der Waals surface area contributed by atoms with Crippen LogP contribution in [0.3, 0.4) is 0 Å². The second-order valence-corrected chi connectivity index (χ2v) is 6.15. The monoisotopic (exact) mass is 315 g/mol. The second-order valence-electron chi connectivity index (χ2n) is 6.15. The van der Waals surface area contributed by atoms with Crippen LogP contribution in [-0.4, -0.2) is 15.6 Å². The lowest BCUT2D eigenvalue weighted by Gasteiger charge is -2.18. The van der Waals surface area contributed by atoms with Gasteiger partial charge in [0, 0.05) is 12.6 Å². The number of rotatable bonds is 7. The SMILES string of the molecule is CCCCCn1c(=O)ccc2cc(C(=O)O)cc(C(C)CC)c21. The molecule has 0 aliphatic rings. The largest absolute Gasteiger partial charge is 0.478 e. The first-order chi connectivity index (χ1) is 11.0. The molecule has 2 aromatic rings. The van der Waals surface area contributed by atoms with Crippen molar-refractivity contribution < 1.29 is 9.90 Å². The standard InChI is InChI=1S/C19H25NO3/c1-4-6-7-10-20-17(21)9-8-14-11-15(19(22)23)12-16(18(14)20)13(3)5-2/h8-9,11-13H,4-7,10H2,1-3H3,(H,22,23). The van der Waals surface area contributed by atoms with Gasteiger partial charge < -0.3 is 9.67 Å². The normalized spacial score (nSPS) is 12.5. The lowest BCUT2D eigenvalue weighted by molar-refractivity contribution is 0.0697. The summed E-state index contributed by atoms with van der Waals surface area (Å²) in [6.45, 7) is 6.97. The highest BCUT2D eigenvalue weighted by molar-refractivity contribution is 5.95. The maximum atomic E-state index is 12.4. The van der Waals surface area contributed by atoms with E-state index in [0.29, 0.717) is 6.54 Å². The topological polar surface area (TPSA) is 59.3 Å². The molecule has 1 atom stereocenters. The van der Waals surface area contributed by atoms with Crippen LogP contribution >= 0.6 is 0 Å². The molecule has 0 aliphatic heterocycles. The maximum Gasteiger partial charge on any atom is 0.335 e. The number of aromatic carboxylic acids is 1. The van der Waals surface area contributed by atoms with Gasteiger partial charge >= 0.3 is 5.97 Å². The van der Waals surface area contributed by atoms with Crippen molar-refractivity contribution in [3.8, 4) is 0 Å². The van der Waals surface area contributed by atoms with Gasteiger partial charge in [-0.15, -0.1) is 0 Å². The number of carboxylic acids is 1. The van der Waals surface area contributed by atoms with E-state index in [1.807, 2.05) is 4.57 Å². The van der Waals surface area contributed by atoms with E-state index in [9.17, 15) is 14.7 Å². The fraction of sp³-hybridized carbons (Fsp3) is 0.474. The van der Waals surface area contributed by atoms with E-state index in [0.717, 1.165) is 42.1 Å². The molecular formula is C19H25NO3. The molecule has 23 heavy (non-hydrogen) atoms. The molecular weight excluding hydrogens is 290 g/mol. The Morgan fingerprint density at radius 2 is 1.96 bits per heavy atom. The van der Waals surface area contributed by atoms with E-state index in [1.165, 1.54) is 0 Å². The number of aryl methyl sites for hydroxylation is 1. The fourth-order valence-electron chi connectivity index (χ4n) is 2.94. The minimum absolute atomic E-state index is 0.0127. The van der Waals surface area contributed by atoms with Crippen LogP contribution in [0.15, 0.2) is 29.1 Å². The third-order valence-electron chi connectivity index (χ3n) is 4.49. The van der Waals surface area contributed by atoms with Crippen LogP contribution < -0.4 is 5.56 Å². The van der Waals surface area contributed by atoms with E-state index in [4.69, 9.17) is 0 Å². The molecule has 0 radical (unpaired) electrons. The van der Waals surface area contributed by atoms with Gasteiger partial charge in [-0.1, -0.05) is 33.6 Å². The predicted octanol–water partition coefficient (Wildman–Crippen LogP) is 4.40. The molecule has 1 unspecified atom stereocenters. The number of carboxylic acid groups (broad SMARTS) is 1. The third kappa shape index (κ3) is 3.63. The zero-order valence-electron chi connectivity index (χ0n) is 14.1. The van der Waals surface area contributed by atoms with Crippen molar-refractivity contribution in [3.05, 3.63) is 45.7 Å². The molecule has 0 saturated heterocycles. The molecule has 4 nitrogen and oxygen atoms in total. The van der Waals surface area contributed by atoms with Gasteiger partial charge in [-0.25, -0.2) is 4.79 Å².